The number of rotatable bonds is 5. The highest BCUT2D eigenvalue weighted by Crippen LogP contribution is 2.17. The standard InChI is InChI=1S/C14H16N2/c1-2-3-6-9-15-10-12-11-16-14-8-5-4-7-13(12)14/h1,4-5,7-8,11,15-16H,3,6,9-10H2. The first-order chi connectivity index (χ1) is 7.92. The molecule has 1 aromatic heterocycles. The van der Waals surface area contributed by atoms with Crippen molar-refractivity contribution < 1.29 is 0 Å². The van der Waals surface area contributed by atoms with Gasteiger partial charge in [0, 0.05) is 30.1 Å². The Bertz CT molecular complexity index is 491. The number of aromatic amines is 1. The molecule has 0 atom stereocenters. The zero-order chi connectivity index (χ0) is 11.2. The first-order valence-corrected chi connectivity index (χ1v) is 5.61. The molecule has 0 unspecified atom stereocenters. The van der Waals surface area contributed by atoms with Gasteiger partial charge in [-0.25, -0.2) is 0 Å². The molecule has 0 fully saturated rings. The number of aromatic nitrogens is 1. The zero-order valence-corrected chi connectivity index (χ0v) is 9.29. The van der Waals surface area contributed by atoms with Crippen LogP contribution in [0.25, 0.3) is 10.9 Å². The molecule has 0 amide bonds. The minimum atomic E-state index is 0.848. The van der Waals surface area contributed by atoms with Crippen molar-refractivity contribution in [2.24, 2.45) is 0 Å². The van der Waals surface area contributed by atoms with Gasteiger partial charge in [0.2, 0.25) is 0 Å². The minimum Gasteiger partial charge on any atom is -0.361 e. The lowest BCUT2D eigenvalue weighted by Gasteiger charge is -2.01. The molecule has 0 saturated carbocycles. The van der Waals surface area contributed by atoms with Crippen LogP contribution in [0.5, 0.6) is 0 Å². The molecular weight excluding hydrogens is 196 g/mol. The summed E-state index contributed by atoms with van der Waals surface area (Å²) in [7, 11) is 0. The monoisotopic (exact) mass is 212 g/mol. The van der Waals surface area contributed by atoms with E-state index in [0.29, 0.717) is 0 Å². The Morgan fingerprint density at radius 1 is 1.31 bits per heavy atom. The highest BCUT2D eigenvalue weighted by atomic mass is 14.9. The molecule has 0 aliphatic rings. The third kappa shape index (κ3) is 2.44. The van der Waals surface area contributed by atoms with E-state index < -0.39 is 0 Å². The summed E-state index contributed by atoms with van der Waals surface area (Å²) in [4.78, 5) is 3.27. The van der Waals surface area contributed by atoms with Gasteiger partial charge in [0.05, 0.1) is 0 Å². The molecule has 0 saturated heterocycles. The second-order valence-electron chi connectivity index (χ2n) is 3.84. The third-order valence-corrected chi connectivity index (χ3v) is 2.67. The molecule has 0 radical (unpaired) electrons. The summed E-state index contributed by atoms with van der Waals surface area (Å²) >= 11 is 0. The van der Waals surface area contributed by atoms with Crippen LogP contribution in [0.4, 0.5) is 0 Å². The molecule has 0 aliphatic carbocycles. The number of para-hydroxylation sites is 1. The lowest BCUT2D eigenvalue weighted by Crippen LogP contribution is -2.14. The second-order valence-corrected chi connectivity index (χ2v) is 3.84. The summed E-state index contributed by atoms with van der Waals surface area (Å²) in [6, 6.07) is 8.35. The minimum absolute atomic E-state index is 0.848. The number of nitrogens with one attached hydrogen (secondary N) is 2. The van der Waals surface area contributed by atoms with Gasteiger partial charge in [-0.2, -0.15) is 0 Å². The zero-order valence-electron chi connectivity index (χ0n) is 9.29. The predicted octanol–water partition coefficient (Wildman–Crippen LogP) is 2.67. The molecule has 1 heterocycles. The van der Waals surface area contributed by atoms with Crippen molar-refractivity contribution in [2.75, 3.05) is 6.54 Å². The predicted molar refractivity (Wildman–Crippen MR) is 68.1 cm³/mol. The molecule has 82 valence electrons. The smallest absolute Gasteiger partial charge is 0.0457 e. The highest BCUT2D eigenvalue weighted by molar-refractivity contribution is 5.82. The normalized spacial score (nSPS) is 10.4. The van der Waals surface area contributed by atoms with Gasteiger partial charge in [0.1, 0.15) is 0 Å². The van der Waals surface area contributed by atoms with Crippen LogP contribution in [-0.4, -0.2) is 11.5 Å². The van der Waals surface area contributed by atoms with Gasteiger partial charge < -0.3 is 10.3 Å². The summed E-state index contributed by atoms with van der Waals surface area (Å²) in [6.45, 7) is 1.87. The molecule has 0 spiro atoms. The first kappa shape index (κ1) is 10.8. The van der Waals surface area contributed by atoms with Gasteiger partial charge in [-0.1, -0.05) is 18.2 Å². The van der Waals surface area contributed by atoms with Gasteiger partial charge >= 0.3 is 0 Å². The summed E-state index contributed by atoms with van der Waals surface area (Å²) in [6.07, 6.45) is 9.15. The fourth-order valence-corrected chi connectivity index (χ4v) is 1.82. The van der Waals surface area contributed by atoms with Crippen LogP contribution in [0.2, 0.25) is 0 Å². The van der Waals surface area contributed by atoms with Crippen molar-refractivity contribution >= 4 is 10.9 Å². The van der Waals surface area contributed by atoms with Crippen molar-refractivity contribution in [2.45, 2.75) is 19.4 Å². The molecule has 2 heteroatoms. The molecule has 2 rings (SSSR count). The quantitative estimate of drug-likeness (QED) is 0.579. The van der Waals surface area contributed by atoms with Crippen LogP contribution in [0, 0.1) is 12.3 Å². The number of terminal acetylenes is 1. The largest absolute Gasteiger partial charge is 0.361 e. The van der Waals surface area contributed by atoms with E-state index in [0.717, 1.165) is 25.9 Å². The van der Waals surface area contributed by atoms with E-state index in [9.17, 15) is 0 Å². The first-order valence-electron chi connectivity index (χ1n) is 5.61. The average molecular weight is 212 g/mol. The second kappa shape index (κ2) is 5.39. The van der Waals surface area contributed by atoms with Gasteiger partial charge in [-0.3, -0.25) is 0 Å². The molecule has 2 aromatic rings. The fourth-order valence-electron chi connectivity index (χ4n) is 1.82. The van der Waals surface area contributed by atoms with Crippen LogP contribution in [-0.2, 0) is 6.54 Å². The molecule has 0 aliphatic heterocycles. The van der Waals surface area contributed by atoms with E-state index in [1.54, 1.807) is 0 Å². The number of fused-ring (bicyclic) bond motifs is 1. The Morgan fingerprint density at radius 3 is 3.06 bits per heavy atom. The van der Waals surface area contributed by atoms with E-state index in [1.807, 2.05) is 6.07 Å². The van der Waals surface area contributed by atoms with Crippen LogP contribution >= 0.6 is 0 Å². The number of hydrogen-bond acceptors (Lipinski definition) is 1. The van der Waals surface area contributed by atoms with Crippen molar-refractivity contribution in [3.63, 3.8) is 0 Å². The maximum Gasteiger partial charge on any atom is 0.0457 e. The highest BCUT2D eigenvalue weighted by Gasteiger charge is 2.01. The fraction of sp³-hybridized carbons (Fsp3) is 0.286. The lowest BCUT2D eigenvalue weighted by atomic mass is 10.2. The molecule has 2 nitrogen and oxygen atoms in total. The van der Waals surface area contributed by atoms with E-state index >= 15 is 0 Å². The van der Waals surface area contributed by atoms with Gasteiger partial charge in [-0.05, 0) is 24.6 Å². The van der Waals surface area contributed by atoms with Gasteiger partial charge in [-0.15, -0.1) is 12.3 Å². The molecule has 0 bridgehead atoms. The maximum atomic E-state index is 5.20. The SMILES string of the molecule is C#CCCCNCc1c[nH]c2ccccc12. The topological polar surface area (TPSA) is 27.8 Å². The molecular formula is C14H16N2. The van der Waals surface area contributed by atoms with Crippen LogP contribution in [0.15, 0.2) is 30.5 Å². The van der Waals surface area contributed by atoms with Crippen molar-refractivity contribution in [3.05, 3.63) is 36.0 Å². The molecule has 2 N–H and O–H groups in total. The Morgan fingerprint density at radius 2 is 2.19 bits per heavy atom. The Kier molecular flexibility index (Phi) is 3.63. The van der Waals surface area contributed by atoms with Crippen LogP contribution < -0.4 is 5.32 Å². The third-order valence-electron chi connectivity index (χ3n) is 2.67. The van der Waals surface area contributed by atoms with Crippen LogP contribution in [0.1, 0.15) is 18.4 Å². The van der Waals surface area contributed by atoms with Crippen molar-refractivity contribution in [1.82, 2.24) is 10.3 Å². The van der Waals surface area contributed by atoms with Crippen molar-refractivity contribution in [3.8, 4) is 12.3 Å². The summed E-state index contributed by atoms with van der Waals surface area (Å²) in [5.74, 6) is 2.64. The Labute approximate surface area is 96.1 Å². The number of benzene rings is 1. The van der Waals surface area contributed by atoms with E-state index in [-0.39, 0.29) is 0 Å². The van der Waals surface area contributed by atoms with Crippen molar-refractivity contribution in [1.29, 1.82) is 0 Å². The van der Waals surface area contributed by atoms with Gasteiger partial charge in [0.25, 0.3) is 0 Å². The molecule has 16 heavy (non-hydrogen) atoms. The van der Waals surface area contributed by atoms with E-state index in [2.05, 4.69) is 40.6 Å². The van der Waals surface area contributed by atoms with Crippen LogP contribution in [0.3, 0.4) is 0 Å². The summed E-state index contributed by atoms with van der Waals surface area (Å²) < 4.78 is 0. The Hall–Kier alpha value is -1.72. The molecule has 1 aromatic carbocycles. The maximum absolute atomic E-state index is 5.20. The van der Waals surface area contributed by atoms with E-state index in [4.69, 9.17) is 6.42 Å². The summed E-state index contributed by atoms with van der Waals surface area (Å²) in [5.41, 5.74) is 2.51. The van der Waals surface area contributed by atoms with Gasteiger partial charge in [0.15, 0.2) is 0 Å². The lowest BCUT2D eigenvalue weighted by molar-refractivity contribution is 0.661. The number of H-pyrrole nitrogens is 1. The summed E-state index contributed by atoms with van der Waals surface area (Å²) in [5, 5.41) is 4.70. The Balaban J connectivity index is 1.92. The number of unbranched alkanes of at least 4 members (excludes halogenated alkanes) is 1. The number of hydrogen-bond donors (Lipinski definition) is 2. The average Bonchev–Trinajstić information content (AvgIpc) is 2.73. The van der Waals surface area contributed by atoms with E-state index in [1.165, 1.54) is 16.5 Å².